The lowest BCUT2D eigenvalue weighted by atomic mass is 9.90. The maximum atomic E-state index is 13.0. The molecule has 0 aromatic heterocycles. The molecule has 96 heavy (non-hydrogen) atoms. The van der Waals surface area contributed by atoms with Gasteiger partial charge in [-0.15, -0.1) is 0 Å². The van der Waals surface area contributed by atoms with Crippen LogP contribution in [0.4, 0.5) is 39.5 Å². The largest absolute Gasteiger partial charge is 0.481 e. The van der Waals surface area contributed by atoms with Gasteiger partial charge in [-0.3, -0.25) is 43.2 Å². The summed E-state index contributed by atoms with van der Waals surface area (Å²) in [5, 5.41) is 74.8. The highest BCUT2D eigenvalue weighted by atomic mass is 18.2. The molecule has 0 heterocycles. The Balaban J connectivity index is -0.000000127. The summed E-state index contributed by atoms with van der Waals surface area (Å²) in [4.78, 5) is 91.4. The number of aliphatic carboxylic acids is 9. The lowest BCUT2D eigenvalue weighted by Crippen LogP contribution is -2.48. The van der Waals surface area contributed by atoms with Gasteiger partial charge in [0.05, 0.1) is 12.8 Å². The van der Waals surface area contributed by atoms with Crippen LogP contribution in [0.5, 0.6) is 0 Å². The van der Waals surface area contributed by atoms with E-state index in [0.717, 1.165) is 13.8 Å². The summed E-state index contributed by atoms with van der Waals surface area (Å²) in [6, 6.07) is -6.69. The fourth-order valence-electron chi connectivity index (χ4n) is 6.72. The molecule has 0 rings (SSSR count). The molecule has 27 nitrogen and oxygen atoms in total. The van der Waals surface area contributed by atoms with Crippen molar-refractivity contribution in [2.75, 3.05) is 6.54 Å². The Morgan fingerprint density at radius 2 is 0.573 bits per heavy atom. The Kier molecular flexibility index (Phi) is 55.4. The highest BCUT2D eigenvalue weighted by Gasteiger charge is 2.36. The molecule has 0 aliphatic rings. The lowest BCUT2D eigenvalue weighted by Gasteiger charge is -2.25. The summed E-state index contributed by atoms with van der Waals surface area (Å²) < 4.78 is 115. The smallest absolute Gasteiger partial charge is 0.323 e. The second kappa shape index (κ2) is 48.9. The van der Waals surface area contributed by atoms with Crippen LogP contribution in [0.3, 0.4) is 0 Å². The molecule has 0 bridgehead atoms. The van der Waals surface area contributed by atoms with Crippen LogP contribution in [0.25, 0.3) is 0 Å². The van der Waals surface area contributed by atoms with E-state index in [2.05, 4.69) is 0 Å². The van der Waals surface area contributed by atoms with Gasteiger partial charge >= 0.3 is 53.7 Å². The van der Waals surface area contributed by atoms with E-state index >= 15 is 0 Å². The van der Waals surface area contributed by atoms with E-state index in [1.165, 1.54) is 118 Å². The van der Waals surface area contributed by atoms with Crippen molar-refractivity contribution in [3.63, 3.8) is 0 Å². The highest BCUT2D eigenvalue weighted by molar-refractivity contribution is 5.78. The first-order valence-electron chi connectivity index (χ1n) is 29.8. The van der Waals surface area contributed by atoms with Gasteiger partial charge in [-0.2, -0.15) is 0 Å². The summed E-state index contributed by atoms with van der Waals surface area (Å²) in [5.74, 6) is -10.1. The lowest BCUT2D eigenvalue weighted by molar-refractivity contribution is -0.144. The van der Waals surface area contributed by atoms with Crippen molar-refractivity contribution in [1.29, 1.82) is 0 Å². The zero-order valence-corrected chi connectivity index (χ0v) is 59.3. The van der Waals surface area contributed by atoms with Crippen LogP contribution in [0.15, 0.2) is 0 Å². The average molecular weight is 1420 g/mol. The summed E-state index contributed by atoms with van der Waals surface area (Å²) >= 11 is 0. The molecule has 0 aromatic rings. The first-order valence-corrected chi connectivity index (χ1v) is 29.8. The van der Waals surface area contributed by atoms with E-state index < -0.39 is 153 Å². The van der Waals surface area contributed by atoms with Crippen molar-refractivity contribution in [3.05, 3.63) is 0 Å². The molecule has 36 heteroatoms. The van der Waals surface area contributed by atoms with Gasteiger partial charge < -0.3 is 97.6 Å². The molecule has 9 atom stereocenters. The monoisotopic (exact) mass is 1420 g/mol. The predicted molar refractivity (Wildman–Crippen MR) is 346 cm³/mol. The van der Waals surface area contributed by atoms with Crippen molar-refractivity contribution >= 4 is 53.7 Å². The third-order valence-electron chi connectivity index (χ3n) is 11.0. The molecular formula is C60H120F9N9O18. The van der Waals surface area contributed by atoms with Crippen molar-refractivity contribution in [2.24, 2.45) is 57.5 Å². The van der Waals surface area contributed by atoms with Crippen LogP contribution in [-0.2, 0) is 43.2 Å². The third-order valence-corrected chi connectivity index (χ3v) is 11.0. The van der Waals surface area contributed by atoms with Gasteiger partial charge in [0, 0.05) is 37.8 Å². The van der Waals surface area contributed by atoms with E-state index in [1.807, 2.05) is 0 Å². The Morgan fingerprint density at radius 1 is 0.333 bits per heavy atom. The summed E-state index contributed by atoms with van der Waals surface area (Å²) in [6.07, 6.45) is 0.206. The van der Waals surface area contributed by atoms with Crippen molar-refractivity contribution in [2.45, 2.75) is 314 Å². The fourth-order valence-corrected chi connectivity index (χ4v) is 6.72. The fraction of sp³-hybridized carbons (Fsp3) is 0.850. The van der Waals surface area contributed by atoms with E-state index in [4.69, 9.17) is 97.6 Å². The predicted octanol–water partition coefficient (Wildman–Crippen LogP) is 7.03. The van der Waals surface area contributed by atoms with Crippen LogP contribution < -0.4 is 51.6 Å². The van der Waals surface area contributed by atoms with Crippen LogP contribution in [0, 0.1) is 5.92 Å². The van der Waals surface area contributed by atoms with Gasteiger partial charge in [0.1, 0.15) is 86.8 Å². The molecule has 0 fully saturated rings. The average Bonchev–Trinajstić information content (AvgIpc) is 1.59. The number of carboxylic acids is 9. The van der Waals surface area contributed by atoms with Crippen LogP contribution in [0.2, 0.25) is 0 Å². The van der Waals surface area contributed by atoms with Crippen LogP contribution in [0.1, 0.15) is 215 Å². The van der Waals surface area contributed by atoms with Crippen molar-refractivity contribution in [1.82, 2.24) is 0 Å². The molecule has 27 N–H and O–H groups in total. The number of alkyl halides is 9. The maximum absolute atomic E-state index is 13.0. The van der Waals surface area contributed by atoms with Crippen LogP contribution >= 0.6 is 0 Å². The van der Waals surface area contributed by atoms with Crippen LogP contribution in [-0.4, -0.2) is 205 Å². The third kappa shape index (κ3) is 96.9. The quantitative estimate of drug-likeness (QED) is 0.0301. The Hall–Kier alpha value is -5.76. The zero-order chi connectivity index (χ0) is 79.7. The summed E-state index contributed by atoms with van der Waals surface area (Å²) in [7, 11) is 0. The number of hydrogen-bond donors (Lipinski definition) is 18. The first-order chi connectivity index (χ1) is 41.8. The molecule has 576 valence electrons. The Morgan fingerprint density at radius 3 is 0.688 bits per heavy atom. The number of carboxylic acid groups (broad SMARTS) is 9. The van der Waals surface area contributed by atoms with Gasteiger partial charge in [0.25, 0.3) is 0 Å². The number of rotatable bonds is 32. The standard InChI is InChI=1S/C8H16FNO2.5C7H14FNO2.2C6H12FNO2.C5H10FNO2/c1-8(2,9)4-6(5-10)3-7(11)12;1-6(2,8)4-7(3,9)5(10)11;2*1-7(2,8)4-5(9)3-6(10)11;2*1-7(2,8)4-3-5(9)6(10)11;2*1-6(2,7)3-4(8)5(9)10;1-5(2,6)3(7)4(8)9/h6H,3-5,10H2,1-2H3,(H,11,12);4,9H2,1-3H3,(H,10,11);4*5H,3-4,9H2,1-2H3,(H,10,11);2*4H,3,8H2,1-2H3,(H,9,10);3H,7H2,1-2H3,(H,8,9)/t6-;7-;4*5-;2*4-;3-/m101010101/s1/i9-1;5*8-1;2*7-1;6-1. The SMILES string of the molecule is CC(C)([18F])CC[C@@H](N)C(=O)O.CC(C)([18F])CC[C@H](N)C(=O)O.CC(C)([18F])C[C@@H](N)C(=O)O.CC(C)([18F])C[C@@H](N)CC(=O)O.CC(C)([18F])C[C@H](CN)CC(=O)O.CC(C)([18F])C[C@H](N)C(=O)O.CC(C)([18F])C[C@H](N)CC(=O)O.CC(C)([18F])C[C@](C)(N)C(=O)O.CC(C)([18F])[C@H](N)C(=O)O. The normalized spacial score (nSPS) is 15.0. The minimum Gasteiger partial charge on any atom is -0.481 e. The molecular weight excluding hydrogens is 1300 g/mol. The zero-order valence-electron chi connectivity index (χ0n) is 59.3. The maximum Gasteiger partial charge on any atom is 0.323 e. The van der Waals surface area contributed by atoms with Gasteiger partial charge in [0.15, 0.2) is 0 Å². The number of carbonyl (C=O) groups is 9. The minimum absolute atomic E-state index is 0.0517. The number of nitrogens with two attached hydrogens (primary N) is 9. The molecule has 0 radical (unpaired) electrons. The van der Waals surface area contributed by atoms with E-state index in [9.17, 15) is 82.7 Å². The Labute approximate surface area is 558 Å². The second-order valence-electron chi connectivity index (χ2n) is 28.3. The summed E-state index contributed by atoms with van der Waals surface area (Å²) in [5.41, 5.74) is 32.0. The van der Waals surface area contributed by atoms with Gasteiger partial charge in [-0.1, -0.05) is 0 Å². The minimum atomic E-state index is -1.84. The molecule has 0 unspecified atom stereocenters. The number of halogens is 9. The summed E-state index contributed by atoms with van der Waals surface area (Å²) in [6.45, 7) is 25.6. The van der Waals surface area contributed by atoms with E-state index in [-0.39, 0.29) is 95.9 Å². The van der Waals surface area contributed by atoms with E-state index in [1.54, 1.807) is 0 Å². The molecule has 0 aliphatic heterocycles. The van der Waals surface area contributed by atoms with Gasteiger partial charge in [-0.25, -0.2) is 39.5 Å². The van der Waals surface area contributed by atoms with Gasteiger partial charge in [-0.05, 0) is 189 Å². The van der Waals surface area contributed by atoms with Crippen molar-refractivity contribution in [3.8, 4) is 0 Å². The first kappa shape index (κ1) is 109. The molecule has 0 saturated heterocycles. The molecule has 0 aromatic carbocycles. The highest BCUT2D eigenvalue weighted by Crippen LogP contribution is 2.24. The second-order valence-corrected chi connectivity index (χ2v) is 28.3. The molecule has 0 spiro atoms. The molecule has 0 saturated carbocycles. The van der Waals surface area contributed by atoms with Gasteiger partial charge in [0.2, 0.25) is 0 Å². The molecule has 0 amide bonds. The topological polar surface area (TPSA) is 570 Å². The molecule has 0 aliphatic carbocycles. The van der Waals surface area contributed by atoms with E-state index in [0.29, 0.717) is 0 Å². The van der Waals surface area contributed by atoms with Crippen molar-refractivity contribution < 1.29 is 129 Å². The number of hydrogen-bond acceptors (Lipinski definition) is 18. The Bertz CT molecular complexity index is 2120.